The minimum absolute atomic E-state index is 0.469. The summed E-state index contributed by atoms with van der Waals surface area (Å²) in [6.45, 7) is 0. The van der Waals surface area contributed by atoms with Crippen molar-refractivity contribution in [2.24, 2.45) is 7.05 Å². The van der Waals surface area contributed by atoms with Crippen LogP contribution in [0.1, 0.15) is 5.56 Å². The highest BCUT2D eigenvalue weighted by atomic mass is 15.3. The van der Waals surface area contributed by atoms with Crippen LogP contribution in [-0.2, 0) is 7.05 Å². The maximum atomic E-state index is 8.74. The standard InChI is InChI=1S/C11H11N5/c1-16-7-10(6-14-16)15-9-3-2-8(5-12)11(13)4-9/h2-4,6-7,15H,13H2,1H3. The van der Waals surface area contributed by atoms with Crippen molar-refractivity contribution in [2.45, 2.75) is 0 Å². The Bertz CT molecular complexity index is 550. The van der Waals surface area contributed by atoms with E-state index in [9.17, 15) is 0 Å². The molecule has 1 aromatic heterocycles. The molecule has 0 radical (unpaired) electrons. The van der Waals surface area contributed by atoms with Crippen LogP contribution in [0.4, 0.5) is 17.1 Å². The van der Waals surface area contributed by atoms with Gasteiger partial charge in [0.2, 0.25) is 0 Å². The van der Waals surface area contributed by atoms with Gasteiger partial charge in [-0.1, -0.05) is 0 Å². The van der Waals surface area contributed by atoms with Gasteiger partial charge in [0.15, 0.2) is 0 Å². The van der Waals surface area contributed by atoms with E-state index >= 15 is 0 Å². The fraction of sp³-hybridized carbons (Fsp3) is 0.0909. The smallest absolute Gasteiger partial charge is 0.101 e. The molecular formula is C11H11N5. The maximum Gasteiger partial charge on any atom is 0.101 e. The first-order valence-electron chi connectivity index (χ1n) is 4.74. The lowest BCUT2D eigenvalue weighted by Gasteiger charge is -2.05. The number of benzene rings is 1. The Labute approximate surface area is 93.1 Å². The molecule has 2 aromatic rings. The van der Waals surface area contributed by atoms with Crippen LogP contribution in [0, 0.1) is 11.3 Å². The van der Waals surface area contributed by atoms with E-state index in [2.05, 4.69) is 10.4 Å². The van der Waals surface area contributed by atoms with E-state index in [4.69, 9.17) is 11.0 Å². The van der Waals surface area contributed by atoms with Crippen LogP contribution in [0.5, 0.6) is 0 Å². The van der Waals surface area contributed by atoms with Crippen molar-refractivity contribution in [2.75, 3.05) is 11.1 Å². The molecule has 2 rings (SSSR count). The molecule has 0 atom stereocenters. The number of anilines is 3. The first-order chi connectivity index (χ1) is 7.69. The lowest BCUT2D eigenvalue weighted by molar-refractivity contribution is 0.768. The molecule has 1 aromatic carbocycles. The summed E-state index contributed by atoms with van der Waals surface area (Å²) in [5, 5.41) is 15.9. The molecule has 16 heavy (non-hydrogen) atoms. The summed E-state index contributed by atoms with van der Waals surface area (Å²) in [6, 6.07) is 7.24. The van der Waals surface area contributed by atoms with Gasteiger partial charge in [-0.15, -0.1) is 0 Å². The Morgan fingerprint density at radius 3 is 2.81 bits per heavy atom. The van der Waals surface area contributed by atoms with E-state index in [1.807, 2.05) is 25.4 Å². The number of aromatic nitrogens is 2. The van der Waals surface area contributed by atoms with Crippen molar-refractivity contribution in [3.63, 3.8) is 0 Å². The summed E-state index contributed by atoms with van der Waals surface area (Å²) >= 11 is 0. The molecule has 5 nitrogen and oxygen atoms in total. The van der Waals surface area contributed by atoms with Crippen molar-refractivity contribution in [1.29, 1.82) is 5.26 Å². The molecule has 80 valence electrons. The number of rotatable bonds is 2. The van der Waals surface area contributed by atoms with Crippen LogP contribution in [0.2, 0.25) is 0 Å². The zero-order chi connectivity index (χ0) is 11.5. The molecule has 0 spiro atoms. The van der Waals surface area contributed by atoms with E-state index in [1.54, 1.807) is 23.0 Å². The summed E-state index contributed by atoms with van der Waals surface area (Å²) < 4.78 is 1.70. The fourth-order valence-corrected chi connectivity index (χ4v) is 1.39. The zero-order valence-corrected chi connectivity index (χ0v) is 8.81. The van der Waals surface area contributed by atoms with Gasteiger partial charge in [0.25, 0.3) is 0 Å². The van der Waals surface area contributed by atoms with Crippen LogP contribution in [-0.4, -0.2) is 9.78 Å². The summed E-state index contributed by atoms with van der Waals surface area (Å²) in [5.41, 5.74) is 8.38. The number of hydrogen-bond acceptors (Lipinski definition) is 4. The number of aryl methyl sites for hydroxylation is 1. The lowest BCUT2D eigenvalue weighted by Crippen LogP contribution is -1.94. The molecule has 0 unspecified atom stereocenters. The van der Waals surface area contributed by atoms with E-state index in [-0.39, 0.29) is 0 Å². The monoisotopic (exact) mass is 213 g/mol. The van der Waals surface area contributed by atoms with Gasteiger partial charge in [0.1, 0.15) is 6.07 Å². The molecular weight excluding hydrogens is 202 g/mol. The number of nitrogens with one attached hydrogen (secondary N) is 1. The summed E-state index contributed by atoms with van der Waals surface area (Å²) in [4.78, 5) is 0. The molecule has 0 saturated heterocycles. The number of nitrogen functional groups attached to an aromatic ring is 1. The second-order valence-corrected chi connectivity index (χ2v) is 3.44. The minimum atomic E-state index is 0.469. The van der Waals surface area contributed by atoms with Gasteiger partial charge in [0, 0.05) is 18.9 Å². The molecule has 1 heterocycles. The molecule has 0 saturated carbocycles. The first-order valence-corrected chi connectivity index (χ1v) is 4.74. The van der Waals surface area contributed by atoms with Crippen LogP contribution >= 0.6 is 0 Å². The average Bonchev–Trinajstić information content (AvgIpc) is 2.64. The van der Waals surface area contributed by atoms with Gasteiger partial charge < -0.3 is 11.1 Å². The number of nitrogens with two attached hydrogens (primary N) is 1. The van der Waals surface area contributed by atoms with Crippen molar-refractivity contribution in [3.8, 4) is 6.07 Å². The van der Waals surface area contributed by atoms with Gasteiger partial charge in [-0.25, -0.2) is 0 Å². The van der Waals surface area contributed by atoms with Crippen molar-refractivity contribution < 1.29 is 0 Å². The Hall–Kier alpha value is -2.48. The molecule has 0 fully saturated rings. The highest BCUT2D eigenvalue weighted by Gasteiger charge is 2.01. The SMILES string of the molecule is Cn1cc(Nc2ccc(C#N)c(N)c2)cn1. The van der Waals surface area contributed by atoms with Gasteiger partial charge in [-0.3, -0.25) is 4.68 Å². The van der Waals surface area contributed by atoms with Gasteiger partial charge >= 0.3 is 0 Å². The Balaban J connectivity index is 2.23. The van der Waals surface area contributed by atoms with E-state index in [0.29, 0.717) is 11.3 Å². The second-order valence-electron chi connectivity index (χ2n) is 3.44. The summed E-state index contributed by atoms with van der Waals surface area (Å²) in [7, 11) is 1.85. The van der Waals surface area contributed by atoms with Gasteiger partial charge in [-0.2, -0.15) is 10.4 Å². The average molecular weight is 213 g/mol. The van der Waals surface area contributed by atoms with Crippen molar-refractivity contribution >= 4 is 17.1 Å². The van der Waals surface area contributed by atoms with E-state index in [0.717, 1.165) is 11.4 Å². The largest absolute Gasteiger partial charge is 0.398 e. The van der Waals surface area contributed by atoms with Gasteiger partial charge in [-0.05, 0) is 18.2 Å². The van der Waals surface area contributed by atoms with Crippen molar-refractivity contribution in [1.82, 2.24) is 9.78 Å². The Morgan fingerprint density at radius 1 is 1.44 bits per heavy atom. The van der Waals surface area contributed by atoms with Gasteiger partial charge in [0.05, 0.1) is 23.1 Å². The molecule has 5 heteroatoms. The fourth-order valence-electron chi connectivity index (χ4n) is 1.39. The van der Waals surface area contributed by atoms with Crippen LogP contribution in [0.15, 0.2) is 30.6 Å². The third kappa shape index (κ3) is 1.96. The summed E-state index contributed by atoms with van der Waals surface area (Å²) in [6.07, 6.45) is 3.57. The molecule has 0 aliphatic rings. The number of hydrogen-bond donors (Lipinski definition) is 2. The lowest BCUT2D eigenvalue weighted by atomic mass is 10.2. The zero-order valence-electron chi connectivity index (χ0n) is 8.81. The highest BCUT2D eigenvalue weighted by molar-refractivity contribution is 5.67. The third-order valence-corrected chi connectivity index (χ3v) is 2.17. The predicted molar refractivity (Wildman–Crippen MR) is 62.1 cm³/mol. The number of nitrogens with zero attached hydrogens (tertiary/aromatic N) is 3. The van der Waals surface area contributed by atoms with E-state index in [1.165, 1.54) is 0 Å². The molecule has 0 amide bonds. The van der Waals surface area contributed by atoms with Crippen LogP contribution in [0.3, 0.4) is 0 Å². The topological polar surface area (TPSA) is 79.7 Å². The summed E-state index contributed by atoms with van der Waals surface area (Å²) in [5.74, 6) is 0. The van der Waals surface area contributed by atoms with Crippen LogP contribution < -0.4 is 11.1 Å². The van der Waals surface area contributed by atoms with Crippen LogP contribution in [0.25, 0.3) is 0 Å². The predicted octanol–water partition coefficient (Wildman–Crippen LogP) is 1.62. The Morgan fingerprint density at radius 2 is 2.25 bits per heavy atom. The molecule has 0 bridgehead atoms. The molecule has 3 N–H and O–H groups in total. The van der Waals surface area contributed by atoms with E-state index < -0.39 is 0 Å². The number of nitriles is 1. The maximum absolute atomic E-state index is 8.74. The normalized spacial score (nSPS) is 9.75. The minimum Gasteiger partial charge on any atom is -0.398 e. The second kappa shape index (κ2) is 3.95. The quantitative estimate of drug-likeness (QED) is 0.743. The van der Waals surface area contributed by atoms with Crippen molar-refractivity contribution in [3.05, 3.63) is 36.2 Å². The first kappa shape index (κ1) is 10.1. The Kier molecular flexibility index (Phi) is 2.48. The highest BCUT2D eigenvalue weighted by Crippen LogP contribution is 2.20. The molecule has 0 aliphatic carbocycles. The third-order valence-electron chi connectivity index (χ3n) is 2.17. The molecule has 0 aliphatic heterocycles.